The molecule has 2 fully saturated rings. The van der Waals surface area contributed by atoms with Crippen LogP contribution in [-0.2, 0) is 6.42 Å². The number of aryl methyl sites for hydroxylation is 1. The van der Waals surface area contributed by atoms with E-state index < -0.39 is 13.1 Å². The van der Waals surface area contributed by atoms with E-state index in [9.17, 15) is 15.0 Å². The summed E-state index contributed by atoms with van der Waals surface area (Å²) >= 11 is 0. The first-order chi connectivity index (χ1) is 12.1. The number of ether oxygens (including phenoxy) is 1. The Balaban J connectivity index is 1.68. The lowest BCUT2D eigenvalue weighted by atomic mass is 9.82. The molecule has 0 radical (unpaired) electrons. The average molecular weight is 365 g/mol. The molecule has 8 nitrogen and oxygen atoms in total. The van der Waals surface area contributed by atoms with E-state index in [1.165, 1.54) is 6.07 Å². The third kappa shape index (κ3) is 4.12. The Morgan fingerprint density at radius 2 is 2.04 bits per heavy atom. The van der Waals surface area contributed by atoms with Crippen LogP contribution in [0.2, 0.25) is 6.32 Å². The van der Waals surface area contributed by atoms with Crippen LogP contribution in [-0.4, -0.2) is 76.2 Å². The molecular weight excluding hydrogens is 339 g/mol. The molecule has 1 saturated heterocycles. The van der Waals surface area contributed by atoms with E-state index >= 15 is 0 Å². The molecule has 0 atom stereocenters. The Morgan fingerprint density at radius 1 is 1.38 bits per heavy atom. The van der Waals surface area contributed by atoms with E-state index in [-0.39, 0.29) is 41.4 Å². The number of likely N-dealkylation sites (tertiary alicyclic amines) is 1. The van der Waals surface area contributed by atoms with Crippen LogP contribution in [0, 0.1) is 0 Å². The average Bonchev–Trinajstić information content (AvgIpc) is 3.21. The second-order valence-electron chi connectivity index (χ2n) is 8.02. The minimum atomic E-state index is -1.51. The smallest absolute Gasteiger partial charge is 0.451 e. The Labute approximate surface area is 152 Å². The van der Waals surface area contributed by atoms with Gasteiger partial charge in [-0.05, 0) is 37.2 Å². The van der Waals surface area contributed by atoms with E-state index in [1.807, 2.05) is 0 Å². The Bertz CT molecular complexity index is 701. The molecule has 1 aromatic rings. The molecule has 1 aromatic carbocycles. The molecule has 0 unspecified atom stereocenters. The van der Waals surface area contributed by atoms with Crippen molar-refractivity contribution in [3.05, 3.63) is 23.3 Å². The predicted molar refractivity (Wildman–Crippen MR) is 95.1 cm³/mol. The summed E-state index contributed by atoms with van der Waals surface area (Å²) in [6.07, 6.45) is 2.14. The molecule has 0 spiro atoms. The van der Waals surface area contributed by atoms with Crippen LogP contribution >= 0.6 is 0 Å². The first-order valence-corrected chi connectivity index (χ1v) is 8.84. The summed E-state index contributed by atoms with van der Waals surface area (Å²) in [6.45, 7) is 2.39. The van der Waals surface area contributed by atoms with Crippen LogP contribution in [0.4, 0.5) is 0 Å². The quantitative estimate of drug-likeness (QED) is 0.318. The molecule has 26 heavy (non-hydrogen) atoms. The van der Waals surface area contributed by atoms with Gasteiger partial charge in [0, 0.05) is 0 Å². The monoisotopic (exact) mass is 365 g/mol. The van der Waals surface area contributed by atoms with Gasteiger partial charge in [-0.15, -0.1) is 0 Å². The zero-order chi connectivity index (χ0) is 19.1. The number of nitrogens with zero attached hydrogens (tertiary/aromatic N) is 1. The molecule has 2 aliphatic rings. The van der Waals surface area contributed by atoms with Crippen molar-refractivity contribution in [3.63, 3.8) is 0 Å². The zero-order valence-electron chi connectivity index (χ0n) is 14.9. The Hall–Kier alpha value is -1.81. The standard InChI is InChI=1S/C17H25BN2O6/c1-20(10-17(19)5-6-17)8-12(9-20)26-13-3-2-11(4-7-18(24)25)15(21)14(13)16(22)23/h2-3,12,24-25H,4-10,19H2,1H3,(H-,21,22,23)/p+1. The molecule has 9 heteroatoms. The third-order valence-electron chi connectivity index (χ3n) is 5.28. The van der Waals surface area contributed by atoms with E-state index in [2.05, 4.69) is 7.05 Å². The lowest BCUT2D eigenvalue weighted by Crippen LogP contribution is -2.68. The minimum Gasteiger partial charge on any atom is -0.507 e. The van der Waals surface area contributed by atoms with Crippen molar-refractivity contribution in [2.75, 3.05) is 26.7 Å². The predicted octanol–water partition coefficient (Wildman–Crippen LogP) is -0.195. The number of carbonyl (C=O) groups is 1. The number of hydrogen-bond donors (Lipinski definition) is 5. The van der Waals surface area contributed by atoms with E-state index in [0.29, 0.717) is 5.56 Å². The molecule has 1 aliphatic heterocycles. The van der Waals surface area contributed by atoms with Crippen LogP contribution in [0.25, 0.3) is 0 Å². The number of aromatic carboxylic acids is 1. The number of benzene rings is 1. The minimum absolute atomic E-state index is 0.00607. The summed E-state index contributed by atoms with van der Waals surface area (Å²) in [4.78, 5) is 11.6. The van der Waals surface area contributed by atoms with Crippen molar-refractivity contribution in [3.8, 4) is 11.5 Å². The molecule has 142 valence electrons. The van der Waals surface area contributed by atoms with Gasteiger partial charge in [0.05, 0.1) is 19.1 Å². The molecule has 6 N–H and O–H groups in total. The summed E-state index contributed by atoms with van der Waals surface area (Å²) in [5.74, 6) is -1.53. The molecular formula is C17H26BN2O6+. The van der Waals surface area contributed by atoms with E-state index in [0.717, 1.165) is 37.0 Å². The van der Waals surface area contributed by atoms with Crippen LogP contribution in [0.3, 0.4) is 0 Å². The van der Waals surface area contributed by atoms with Gasteiger partial charge in [-0.3, -0.25) is 0 Å². The fourth-order valence-corrected chi connectivity index (χ4v) is 3.80. The van der Waals surface area contributed by atoms with E-state index in [4.69, 9.17) is 20.5 Å². The number of aromatic hydroxyl groups is 1. The highest BCUT2D eigenvalue weighted by atomic mass is 16.5. The molecule has 0 amide bonds. The van der Waals surface area contributed by atoms with Crippen LogP contribution in [0.5, 0.6) is 11.5 Å². The third-order valence-corrected chi connectivity index (χ3v) is 5.28. The fraction of sp³-hybridized carbons (Fsp3) is 0.588. The second-order valence-corrected chi connectivity index (χ2v) is 8.02. The Kier molecular flexibility index (Phi) is 4.91. The molecule has 3 rings (SSSR count). The van der Waals surface area contributed by atoms with Crippen molar-refractivity contribution >= 4 is 13.1 Å². The van der Waals surface area contributed by atoms with Gasteiger partial charge in [-0.1, -0.05) is 6.07 Å². The highest BCUT2D eigenvalue weighted by Crippen LogP contribution is 2.38. The highest BCUT2D eigenvalue weighted by molar-refractivity contribution is 6.41. The normalized spacial score (nSPS) is 26.1. The summed E-state index contributed by atoms with van der Waals surface area (Å²) in [5.41, 5.74) is 6.19. The van der Waals surface area contributed by atoms with Crippen molar-refractivity contribution in [2.24, 2.45) is 5.73 Å². The first-order valence-electron chi connectivity index (χ1n) is 8.84. The highest BCUT2D eigenvalue weighted by Gasteiger charge is 2.51. The van der Waals surface area contributed by atoms with Crippen LogP contribution in [0.1, 0.15) is 28.8 Å². The van der Waals surface area contributed by atoms with Crippen molar-refractivity contribution in [1.29, 1.82) is 0 Å². The van der Waals surface area contributed by atoms with Crippen molar-refractivity contribution < 1.29 is 34.3 Å². The van der Waals surface area contributed by atoms with Gasteiger partial charge in [0.1, 0.15) is 30.2 Å². The maximum atomic E-state index is 11.6. The van der Waals surface area contributed by atoms with Crippen LogP contribution < -0.4 is 10.5 Å². The second kappa shape index (κ2) is 6.73. The molecule has 0 aromatic heterocycles. The largest absolute Gasteiger partial charge is 0.507 e. The van der Waals surface area contributed by atoms with Gasteiger partial charge >= 0.3 is 13.1 Å². The summed E-state index contributed by atoms with van der Waals surface area (Å²) in [6, 6.07) is 3.08. The van der Waals surface area contributed by atoms with Crippen molar-refractivity contribution in [1.82, 2.24) is 0 Å². The van der Waals surface area contributed by atoms with Gasteiger partial charge in [-0.2, -0.15) is 0 Å². The number of carboxylic acid groups (broad SMARTS) is 1. The number of hydrogen-bond acceptors (Lipinski definition) is 6. The van der Waals surface area contributed by atoms with Gasteiger partial charge in [-0.25, -0.2) is 4.79 Å². The maximum Gasteiger partial charge on any atom is 0.451 e. The van der Waals surface area contributed by atoms with E-state index in [1.54, 1.807) is 6.07 Å². The molecule has 0 bridgehead atoms. The summed E-state index contributed by atoms with van der Waals surface area (Å²) < 4.78 is 6.65. The molecule has 1 heterocycles. The molecule has 1 saturated carbocycles. The molecule has 1 aliphatic carbocycles. The Morgan fingerprint density at radius 3 is 2.58 bits per heavy atom. The van der Waals surface area contributed by atoms with Gasteiger partial charge in [0.2, 0.25) is 0 Å². The number of rotatable bonds is 8. The number of likely N-dealkylation sites (N-methyl/N-ethyl adjacent to an activating group) is 1. The topological polar surface area (TPSA) is 133 Å². The van der Waals surface area contributed by atoms with Crippen LogP contribution in [0.15, 0.2) is 12.1 Å². The van der Waals surface area contributed by atoms with Gasteiger partial charge in [0.15, 0.2) is 6.10 Å². The number of quaternary nitrogens is 1. The lowest BCUT2D eigenvalue weighted by Gasteiger charge is -2.48. The summed E-state index contributed by atoms with van der Waals surface area (Å²) in [5, 5.41) is 37.6. The number of nitrogens with two attached hydrogens (primary N) is 1. The first kappa shape index (κ1) is 19.0. The summed E-state index contributed by atoms with van der Waals surface area (Å²) in [7, 11) is 0.604. The van der Waals surface area contributed by atoms with Gasteiger partial charge in [0.25, 0.3) is 0 Å². The SMILES string of the molecule is C[N+]1(CC2(N)CC2)CC(Oc2ccc(CCB(O)O)c(O)c2C(=O)O)C1. The maximum absolute atomic E-state index is 11.6. The van der Waals surface area contributed by atoms with Gasteiger partial charge < -0.3 is 35.2 Å². The van der Waals surface area contributed by atoms with Crippen molar-refractivity contribution in [2.45, 2.75) is 37.2 Å². The fourth-order valence-electron chi connectivity index (χ4n) is 3.80. The zero-order valence-corrected chi connectivity index (χ0v) is 14.9. The lowest BCUT2D eigenvalue weighted by molar-refractivity contribution is -0.955. The number of carboxylic acids is 1. The number of phenols is 1.